The van der Waals surface area contributed by atoms with Gasteiger partial charge in [-0.15, -0.1) is 0 Å². The monoisotopic (exact) mass is 128 g/mol. The van der Waals surface area contributed by atoms with Crippen LogP contribution in [0.3, 0.4) is 0 Å². The van der Waals surface area contributed by atoms with Crippen LogP contribution in [-0.4, -0.2) is 43.1 Å². The molecule has 0 fully saturated rings. The van der Waals surface area contributed by atoms with E-state index in [1.165, 1.54) is 19.0 Å². The third kappa shape index (κ3) is 3.58. The largest absolute Gasteiger partial charge is 0.489 e. The molecule has 9 heavy (non-hydrogen) atoms. The molecular formula is C4H7BNO3. The van der Waals surface area contributed by atoms with Crippen LogP contribution >= 0.6 is 0 Å². The Morgan fingerprint density at radius 1 is 1.44 bits per heavy atom. The number of rotatable bonds is 2. The number of carbonyl (C=O) groups excluding carboxylic acids is 1. The van der Waals surface area contributed by atoms with Crippen LogP contribution in [0.5, 0.6) is 0 Å². The highest BCUT2D eigenvalue weighted by molar-refractivity contribution is 6.95. The first-order chi connectivity index (χ1) is 4.04. The van der Waals surface area contributed by atoms with E-state index < -0.39 is 11.7 Å². The smallest absolute Gasteiger partial charge is 0.377 e. The van der Waals surface area contributed by atoms with Crippen LogP contribution in [0.4, 0.5) is 9.59 Å². The Labute approximate surface area is 53.7 Å². The SMILES string of the molecule is CN(C)C(=O)[B]C(=O)O. The van der Waals surface area contributed by atoms with Gasteiger partial charge in [0, 0.05) is 14.1 Å². The van der Waals surface area contributed by atoms with E-state index in [2.05, 4.69) is 0 Å². The predicted octanol–water partition coefficient (Wildman–Crippen LogP) is 0.0502. The van der Waals surface area contributed by atoms with Gasteiger partial charge in [0.1, 0.15) is 0 Å². The van der Waals surface area contributed by atoms with Crippen LogP contribution < -0.4 is 0 Å². The number of hydrogen-bond acceptors (Lipinski definition) is 2. The Morgan fingerprint density at radius 3 is 2.00 bits per heavy atom. The van der Waals surface area contributed by atoms with E-state index in [0.29, 0.717) is 7.28 Å². The molecule has 4 nitrogen and oxygen atoms in total. The highest BCUT2D eigenvalue weighted by Gasteiger charge is 2.12. The van der Waals surface area contributed by atoms with Crippen LogP contribution in [0, 0.1) is 0 Å². The molecule has 1 amide bonds. The summed E-state index contributed by atoms with van der Waals surface area (Å²) in [6, 6.07) is 0. The van der Waals surface area contributed by atoms with Crippen LogP contribution in [-0.2, 0) is 0 Å². The van der Waals surface area contributed by atoms with Crippen LogP contribution in [0.15, 0.2) is 0 Å². The molecule has 5 heteroatoms. The molecule has 1 N–H and O–H groups in total. The van der Waals surface area contributed by atoms with Gasteiger partial charge < -0.3 is 10.0 Å². The maximum atomic E-state index is 10.4. The fourth-order valence-corrected chi connectivity index (χ4v) is 0.235. The number of amides is 1. The quantitative estimate of drug-likeness (QED) is 0.534. The summed E-state index contributed by atoms with van der Waals surface area (Å²) in [5, 5.41) is 8.03. The van der Waals surface area contributed by atoms with Crippen molar-refractivity contribution >= 4 is 19.0 Å². The lowest BCUT2D eigenvalue weighted by molar-refractivity contribution is 0.218. The van der Waals surface area contributed by atoms with Gasteiger partial charge in [0.15, 0.2) is 5.81 Å². The molecule has 1 radical (unpaired) electrons. The highest BCUT2D eigenvalue weighted by Crippen LogP contribution is 1.79. The first kappa shape index (κ1) is 8.00. The van der Waals surface area contributed by atoms with E-state index in [4.69, 9.17) is 5.11 Å². The van der Waals surface area contributed by atoms with E-state index in [9.17, 15) is 9.59 Å². The Hall–Kier alpha value is -0.995. The molecule has 0 aromatic heterocycles. The molecular weight excluding hydrogens is 121 g/mol. The summed E-state index contributed by atoms with van der Waals surface area (Å²) < 4.78 is 0. The van der Waals surface area contributed by atoms with E-state index in [1.807, 2.05) is 0 Å². The van der Waals surface area contributed by atoms with Gasteiger partial charge in [-0.1, -0.05) is 0 Å². The fraction of sp³-hybridized carbons (Fsp3) is 0.500. The molecule has 0 aromatic rings. The molecule has 0 unspecified atom stereocenters. The normalized spacial score (nSPS) is 8.22. The third-order valence-corrected chi connectivity index (χ3v) is 0.688. The first-order valence-electron chi connectivity index (χ1n) is 2.33. The molecule has 0 bridgehead atoms. The van der Waals surface area contributed by atoms with Crippen molar-refractivity contribution in [3.63, 3.8) is 0 Å². The van der Waals surface area contributed by atoms with E-state index in [1.54, 1.807) is 0 Å². The second-order valence-corrected chi connectivity index (χ2v) is 1.72. The average molecular weight is 128 g/mol. The maximum Gasteiger partial charge on any atom is 0.377 e. The summed E-state index contributed by atoms with van der Waals surface area (Å²) >= 11 is 0. The second kappa shape index (κ2) is 3.12. The van der Waals surface area contributed by atoms with Crippen molar-refractivity contribution < 1.29 is 14.7 Å². The lowest BCUT2D eigenvalue weighted by atomic mass is 9.77. The molecule has 0 aromatic carbocycles. The number of hydrogen-bond donors (Lipinski definition) is 1. The highest BCUT2D eigenvalue weighted by atomic mass is 16.4. The topological polar surface area (TPSA) is 57.6 Å². The van der Waals surface area contributed by atoms with Crippen molar-refractivity contribution in [1.82, 2.24) is 4.90 Å². The Bertz CT molecular complexity index is 134. The van der Waals surface area contributed by atoms with Gasteiger partial charge >= 0.3 is 7.28 Å². The zero-order valence-electron chi connectivity index (χ0n) is 5.29. The van der Waals surface area contributed by atoms with Crippen LogP contribution in [0.2, 0.25) is 0 Å². The summed E-state index contributed by atoms with van der Waals surface area (Å²) in [4.78, 5) is 21.4. The molecule has 0 rings (SSSR count). The van der Waals surface area contributed by atoms with Gasteiger partial charge in [-0.3, -0.25) is 9.59 Å². The zero-order valence-corrected chi connectivity index (χ0v) is 5.29. The number of nitrogens with zero attached hydrogens (tertiary/aromatic N) is 1. The molecule has 0 aliphatic carbocycles. The van der Waals surface area contributed by atoms with Gasteiger partial charge in [0.25, 0.3) is 5.87 Å². The summed E-state index contributed by atoms with van der Waals surface area (Å²) in [5.74, 6) is -1.73. The Morgan fingerprint density at radius 2 is 1.89 bits per heavy atom. The van der Waals surface area contributed by atoms with E-state index in [0.717, 1.165) is 0 Å². The molecule has 0 saturated carbocycles. The van der Waals surface area contributed by atoms with Crippen molar-refractivity contribution in [3.8, 4) is 0 Å². The lowest BCUT2D eigenvalue weighted by Crippen LogP contribution is -2.29. The average Bonchev–Trinajstić information content (AvgIpc) is 1.63. The van der Waals surface area contributed by atoms with E-state index in [-0.39, 0.29) is 0 Å². The van der Waals surface area contributed by atoms with Gasteiger partial charge in [-0.25, -0.2) is 0 Å². The molecule has 49 valence electrons. The number of carbonyl (C=O) groups is 2. The first-order valence-corrected chi connectivity index (χ1v) is 2.33. The molecule has 0 spiro atoms. The van der Waals surface area contributed by atoms with Crippen LogP contribution in [0.1, 0.15) is 0 Å². The molecule has 0 aliphatic heterocycles. The molecule has 0 saturated heterocycles. The van der Waals surface area contributed by atoms with Crippen molar-refractivity contribution in [3.05, 3.63) is 0 Å². The second-order valence-electron chi connectivity index (χ2n) is 1.72. The van der Waals surface area contributed by atoms with Crippen LogP contribution in [0.25, 0.3) is 0 Å². The Kier molecular flexibility index (Phi) is 2.77. The van der Waals surface area contributed by atoms with E-state index >= 15 is 0 Å². The van der Waals surface area contributed by atoms with Gasteiger partial charge in [0.2, 0.25) is 0 Å². The minimum Gasteiger partial charge on any atom is -0.489 e. The predicted molar refractivity (Wildman–Crippen MR) is 32.9 cm³/mol. The third-order valence-electron chi connectivity index (χ3n) is 0.688. The zero-order chi connectivity index (χ0) is 7.44. The Balaban J connectivity index is 3.64. The standard InChI is InChI=1S/C4H7BNO3/c1-6(2)3(7)5-4(8)9/h1-2H3,(H,8,9). The fourth-order valence-electron chi connectivity index (χ4n) is 0.235. The van der Waals surface area contributed by atoms with Gasteiger partial charge in [-0.2, -0.15) is 0 Å². The summed E-state index contributed by atoms with van der Waals surface area (Å²) in [7, 11) is 3.59. The lowest BCUT2D eigenvalue weighted by Gasteiger charge is -2.05. The summed E-state index contributed by atoms with van der Waals surface area (Å²) in [6.07, 6.45) is 0. The summed E-state index contributed by atoms with van der Waals surface area (Å²) in [6.45, 7) is 0. The van der Waals surface area contributed by atoms with Crippen molar-refractivity contribution in [2.24, 2.45) is 0 Å². The maximum absolute atomic E-state index is 10.4. The summed E-state index contributed by atoms with van der Waals surface area (Å²) in [5.41, 5.74) is 0. The van der Waals surface area contributed by atoms with Crippen molar-refractivity contribution in [2.75, 3.05) is 14.1 Å². The minimum atomic E-state index is -1.21. The van der Waals surface area contributed by atoms with Crippen molar-refractivity contribution in [1.29, 1.82) is 0 Å². The molecule has 0 heterocycles. The van der Waals surface area contributed by atoms with Crippen molar-refractivity contribution in [2.45, 2.75) is 0 Å². The van der Waals surface area contributed by atoms with Gasteiger partial charge in [0.05, 0.1) is 0 Å². The number of carboxylic acid groups (broad SMARTS) is 1. The molecule has 0 atom stereocenters. The minimum absolute atomic E-state index is 0.512. The molecule has 0 aliphatic rings. The van der Waals surface area contributed by atoms with Gasteiger partial charge in [-0.05, 0) is 0 Å².